The van der Waals surface area contributed by atoms with Crippen LogP contribution in [-0.2, 0) is 0 Å². The van der Waals surface area contributed by atoms with Gasteiger partial charge in [0.15, 0.2) is 0 Å². The highest BCUT2D eigenvalue weighted by Crippen LogP contribution is 2.32. The van der Waals surface area contributed by atoms with E-state index in [-0.39, 0.29) is 33.5 Å². The van der Waals surface area contributed by atoms with Crippen molar-refractivity contribution in [1.82, 2.24) is 5.43 Å². The van der Waals surface area contributed by atoms with Gasteiger partial charge in [0.2, 0.25) is 0 Å². The number of hydrazone groups is 1. The molecular formula is C18H11ClN4O6. The van der Waals surface area contributed by atoms with E-state index in [2.05, 4.69) is 10.5 Å². The van der Waals surface area contributed by atoms with E-state index in [1.54, 1.807) is 6.07 Å². The Labute approximate surface area is 167 Å². The maximum absolute atomic E-state index is 12.0. The third-order valence-electron chi connectivity index (χ3n) is 3.73. The molecule has 1 aromatic heterocycles. The number of halogens is 1. The zero-order chi connectivity index (χ0) is 21.0. The van der Waals surface area contributed by atoms with Crippen LogP contribution in [0.15, 0.2) is 64.1 Å². The number of nitrogens with zero attached hydrogens (tertiary/aromatic N) is 3. The molecule has 0 fully saturated rings. The molecule has 0 atom stereocenters. The summed E-state index contributed by atoms with van der Waals surface area (Å²) >= 11 is 6.07. The highest BCUT2D eigenvalue weighted by atomic mass is 35.5. The van der Waals surface area contributed by atoms with Gasteiger partial charge < -0.3 is 4.42 Å². The number of non-ortho nitro benzene ring substituents is 2. The highest BCUT2D eigenvalue weighted by molar-refractivity contribution is 6.33. The molecule has 1 N–H and O–H groups in total. The topological polar surface area (TPSA) is 141 Å². The molecule has 0 radical (unpaired) electrons. The van der Waals surface area contributed by atoms with Crippen molar-refractivity contribution in [1.29, 1.82) is 0 Å². The van der Waals surface area contributed by atoms with Crippen LogP contribution in [0.4, 0.5) is 11.4 Å². The van der Waals surface area contributed by atoms with Crippen LogP contribution in [0.2, 0.25) is 5.02 Å². The first-order chi connectivity index (χ1) is 13.8. The van der Waals surface area contributed by atoms with Gasteiger partial charge in [-0.3, -0.25) is 25.0 Å². The van der Waals surface area contributed by atoms with Crippen molar-refractivity contribution in [2.75, 3.05) is 0 Å². The van der Waals surface area contributed by atoms with E-state index < -0.39 is 15.8 Å². The van der Waals surface area contributed by atoms with Gasteiger partial charge in [0.05, 0.1) is 21.1 Å². The van der Waals surface area contributed by atoms with Crippen LogP contribution in [0.5, 0.6) is 0 Å². The molecule has 0 spiro atoms. The third kappa shape index (κ3) is 4.62. The van der Waals surface area contributed by atoms with Gasteiger partial charge in [-0.15, -0.1) is 0 Å². The van der Waals surface area contributed by atoms with Gasteiger partial charge >= 0.3 is 0 Å². The molecule has 3 aromatic rings. The van der Waals surface area contributed by atoms with E-state index in [0.29, 0.717) is 5.56 Å². The number of nitrogens with one attached hydrogen (secondary N) is 1. The summed E-state index contributed by atoms with van der Waals surface area (Å²) in [4.78, 5) is 32.5. The maximum atomic E-state index is 12.0. The van der Waals surface area contributed by atoms with Crippen LogP contribution in [0, 0.1) is 20.2 Å². The van der Waals surface area contributed by atoms with Crippen molar-refractivity contribution in [3.63, 3.8) is 0 Å². The predicted molar refractivity (Wildman–Crippen MR) is 104 cm³/mol. The Hall–Kier alpha value is -4.05. The van der Waals surface area contributed by atoms with E-state index in [1.807, 2.05) is 0 Å². The third-order valence-corrected chi connectivity index (χ3v) is 4.06. The molecule has 0 aliphatic carbocycles. The van der Waals surface area contributed by atoms with Gasteiger partial charge in [0.25, 0.3) is 17.3 Å². The Morgan fingerprint density at radius 3 is 2.48 bits per heavy atom. The number of amides is 1. The molecule has 3 rings (SSSR count). The van der Waals surface area contributed by atoms with Crippen molar-refractivity contribution in [3.8, 4) is 11.3 Å². The van der Waals surface area contributed by atoms with Gasteiger partial charge in [-0.1, -0.05) is 17.7 Å². The monoisotopic (exact) mass is 414 g/mol. The molecule has 2 aromatic carbocycles. The van der Waals surface area contributed by atoms with Gasteiger partial charge in [0, 0.05) is 35.4 Å². The Kier molecular flexibility index (Phi) is 5.65. The average Bonchev–Trinajstić information content (AvgIpc) is 3.16. The van der Waals surface area contributed by atoms with Crippen molar-refractivity contribution >= 4 is 35.1 Å². The normalized spacial score (nSPS) is 10.8. The number of furan rings is 1. The Morgan fingerprint density at radius 2 is 1.76 bits per heavy atom. The molecule has 11 heteroatoms. The lowest BCUT2D eigenvalue weighted by atomic mass is 10.1. The van der Waals surface area contributed by atoms with Crippen molar-refractivity contribution in [2.45, 2.75) is 0 Å². The summed E-state index contributed by atoms with van der Waals surface area (Å²) in [5, 5.41) is 25.7. The number of rotatable bonds is 6. The Bertz CT molecular complexity index is 1140. The van der Waals surface area contributed by atoms with Gasteiger partial charge in [-0.2, -0.15) is 5.10 Å². The van der Waals surface area contributed by atoms with Crippen molar-refractivity contribution in [3.05, 3.63) is 91.2 Å². The molecule has 146 valence electrons. The summed E-state index contributed by atoms with van der Waals surface area (Å²) in [6.45, 7) is 0. The summed E-state index contributed by atoms with van der Waals surface area (Å²) in [5.74, 6) is -0.106. The number of hydrogen-bond acceptors (Lipinski definition) is 7. The molecule has 29 heavy (non-hydrogen) atoms. The highest BCUT2D eigenvalue weighted by Gasteiger charge is 2.14. The fraction of sp³-hybridized carbons (Fsp3) is 0. The minimum atomic E-state index is -0.640. The molecule has 0 bridgehead atoms. The lowest BCUT2D eigenvalue weighted by Crippen LogP contribution is -2.17. The van der Waals surface area contributed by atoms with E-state index >= 15 is 0 Å². The quantitative estimate of drug-likeness (QED) is 0.364. The lowest BCUT2D eigenvalue weighted by molar-refractivity contribution is -0.385. The zero-order valence-electron chi connectivity index (χ0n) is 14.4. The Balaban J connectivity index is 1.72. The molecule has 10 nitrogen and oxygen atoms in total. The number of carbonyl (C=O) groups is 1. The van der Waals surface area contributed by atoms with Crippen LogP contribution in [0.25, 0.3) is 11.3 Å². The Morgan fingerprint density at radius 1 is 1.03 bits per heavy atom. The molecule has 1 amide bonds. The van der Waals surface area contributed by atoms with Crippen molar-refractivity contribution in [2.24, 2.45) is 5.10 Å². The SMILES string of the molecule is O=C(NN=Cc1ccc(-c2cc([N+](=O)[O-])ccc2Cl)o1)c1cccc([N+](=O)[O-])c1. The predicted octanol–water partition coefficient (Wildman–Crippen LogP) is 4.18. The first kappa shape index (κ1) is 19.7. The molecular weight excluding hydrogens is 404 g/mol. The van der Waals surface area contributed by atoms with Gasteiger partial charge in [0.1, 0.15) is 11.5 Å². The molecule has 1 heterocycles. The molecule has 0 saturated heterocycles. The lowest BCUT2D eigenvalue weighted by Gasteiger charge is -2.01. The van der Waals surface area contributed by atoms with Crippen LogP contribution in [0.3, 0.4) is 0 Å². The fourth-order valence-electron chi connectivity index (χ4n) is 2.36. The second-order valence-electron chi connectivity index (χ2n) is 5.63. The van der Waals surface area contributed by atoms with Crippen LogP contribution in [-0.4, -0.2) is 22.0 Å². The summed E-state index contributed by atoms with van der Waals surface area (Å²) in [6.07, 6.45) is 1.21. The molecule has 0 aliphatic heterocycles. The summed E-state index contributed by atoms with van der Waals surface area (Å²) < 4.78 is 5.53. The molecule has 0 aliphatic rings. The van der Waals surface area contributed by atoms with Gasteiger partial charge in [-0.25, -0.2) is 5.43 Å². The summed E-state index contributed by atoms with van der Waals surface area (Å²) in [7, 11) is 0. The average molecular weight is 415 g/mol. The van der Waals surface area contributed by atoms with E-state index in [1.165, 1.54) is 48.7 Å². The van der Waals surface area contributed by atoms with Gasteiger partial charge in [-0.05, 0) is 24.3 Å². The van der Waals surface area contributed by atoms with E-state index in [0.717, 1.165) is 6.07 Å². The van der Waals surface area contributed by atoms with Crippen LogP contribution >= 0.6 is 11.6 Å². The van der Waals surface area contributed by atoms with E-state index in [4.69, 9.17) is 16.0 Å². The fourth-order valence-corrected chi connectivity index (χ4v) is 2.57. The summed E-state index contributed by atoms with van der Waals surface area (Å²) in [5.41, 5.74) is 2.28. The second kappa shape index (κ2) is 8.31. The first-order valence-corrected chi connectivity index (χ1v) is 8.35. The smallest absolute Gasteiger partial charge is 0.271 e. The first-order valence-electron chi connectivity index (χ1n) is 7.97. The molecule has 0 saturated carbocycles. The minimum Gasteiger partial charge on any atom is -0.455 e. The standard InChI is InChI=1S/C18H11ClN4O6/c19-16-6-4-13(23(27)28)9-15(16)17-7-5-14(29-17)10-20-21-18(24)11-2-1-3-12(8-11)22(25)26/h1-10H,(H,21,24). The minimum absolute atomic E-state index is 0.0693. The second-order valence-corrected chi connectivity index (χ2v) is 6.04. The van der Waals surface area contributed by atoms with Crippen LogP contribution in [0.1, 0.15) is 16.1 Å². The number of carbonyl (C=O) groups excluding carboxylic acids is 1. The van der Waals surface area contributed by atoms with E-state index in [9.17, 15) is 25.0 Å². The zero-order valence-corrected chi connectivity index (χ0v) is 15.2. The number of nitro groups is 2. The number of benzene rings is 2. The summed E-state index contributed by atoms with van der Waals surface area (Å²) in [6, 6.07) is 12.2. The maximum Gasteiger partial charge on any atom is 0.271 e. The van der Waals surface area contributed by atoms with Crippen molar-refractivity contribution < 1.29 is 19.1 Å². The molecule has 0 unspecified atom stereocenters. The largest absolute Gasteiger partial charge is 0.455 e. The number of nitro benzene ring substituents is 2. The number of hydrogen-bond donors (Lipinski definition) is 1. The van der Waals surface area contributed by atoms with Crippen LogP contribution < -0.4 is 5.43 Å².